The molecule has 0 radical (unpaired) electrons. The summed E-state index contributed by atoms with van der Waals surface area (Å²) in [5.41, 5.74) is 4.08. The molecule has 1 nitrogen and oxygen atoms in total. The van der Waals surface area contributed by atoms with E-state index >= 15 is 0 Å². The molecule has 2 heteroatoms. The number of ether oxygens (including phenoxy) is 1. The monoisotopic (exact) mass is 206 g/mol. The summed E-state index contributed by atoms with van der Waals surface area (Å²) in [6, 6.07) is 6.68. The predicted octanol–water partition coefficient (Wildman–Crippen LogP) is 3.43. The van der Waals surface area contributed by atoms with Gasteiger partial charge in [-0.15, -0.1) is 0 Å². The van der Waals surface area contributed by atoms with E-state index in [0.29, 0.717) is 0 Å². The molecule has 0 amide bonds. The van der Waals surface area contributed by atoms with Crippen molar-refractivity contribution in [2.24, 2.45) is 0 Å². The first-order chi connectivity index (χ1) is 6.90. The van der Waals surface area contributed by atoms with Gasteiger partial charge in [-0.2, -0.15) is 11.3 Å². The molecule has 1 aliphatic carbocycles. The van der Waals surface area contributed by atoms with Crippen LogP contribution in [0.15, 0.2) is 29.0 Å². The van der Waals surface area contributed by atoms with Gasteiger partial charge in [-0.1, -0.05) is 12.1 Å². The first-order valence-electron chi connectivity index (χ1n) is 4.92. The van der Waals surface area contributed by atoms with Crippen LogP contribution in [-0.4, -0.2) is 13.2 Å². The Morgan fingerprint density at radius 2 is 2.14 bits per heavy atom. The second-order valence-corrected chi connectivity index (χ2v) is 4.06. The highest BCUT2D eigenvalue weighted by Gasteiger charge is 2.04. The quantitative estimate of drug-likeness (QED) is 0.696. The van der Waals surface area contributed by atoms with Crippen molar-refractivity contribution in [3.05, 3.63) is 34.5 Å². The first-order valence-corrected chi connectivity index (χ1v) is 5.87. The molecule has 0 unspecified atom stereocenters. The molecule has 0 aromatic rings. The second-order valence-electron chi connectivity index (χ2n) is 3.28. The Bertz CT molecular complexity index is 337. The van der Waals surface area contributed by atoms with E-state index < -0.39 is 0 Å². The average Bonchev–Trinajstić information content (AvgIpc) is 2.60. The van der Waals surface area contributed by atoms with E-state index in [2.05, 4.69) is 29.0 Å². The fraction of sp³-hybridized carbons (Fsp3) is 0.333. The maximum atomic E-state index is 5.34. The van der Waals surface area contributed by atoms with Gasteiger partial charge in [0.2, 0.25) is 0 Å². The van der Waals surface area contributed by atoms with E-state index in [-0.39, 0.29) is 0 Å². The normalized spacial score (nSPS) is 10.9. The minimum atomic E-state index is 0.808. The molecule has 74 valence electrons. The zero-order valence-corrected chi connectivity index (χ0v) is 9.14. The van der Waals surface area contributed by atoms with Crippen LogP contribution in [0.1, 0.15) is 12.5 Å². The van der Waals surface area contributed by atoms with Gasteiger partial charge in [0.1, 0.15) is 0 Å². The van der Waals surface area contributed by atoms with Crippen molar-refractivity contribution in [2.45, 2.75) is 13.3 Å². The van der Waals surface area contributed by atoms with Crippen molar-refractivity contribution < 1.29 is 4.74 Å². The van der Waals surface area contributed by atoms with Crippen LogP contribution in [0.5, 0.6) is 0 Å². The second kappa shape index (κ2) is 4.58. The molecule has 1 heterocycles. The van der Waals surface area contributed by atoms with Crippen LogP contribution in [0.3, 0.4) is 0 Å². The highest BCUT2D eigenvalue weighted by atomic mass is 32.1. The fourth-order valence-electron chi connectivity index (χ4n) is 1.56. The van der Waals surface area contributed by atoms with Gasteiger partial charge < -0.3 is 4.74 Å². The molecule has 0 saturated carbocycles. The highest BCUT2D eigenvalue weighted by molar-refractivity contribution is 7.07. The molecule has 2 aliphatic rings. The lowest BCUT2D eigenvalue weighted by Crippen LogP contribution is -1.95. The number of fused-ring (bicyclic) bond motifs is 1. The summed E-state index contributed by atoms with van der Waals surface area (Å²) in [5, 5.41) is 4.31. The van der Waals surface area contributed by atoms with Crippen LogP contribution < -0.4 is 0 Å². The summed E-state index contributed by atoms with van der Waals surface area (Å²) in [6.45, 7) is 3.67. The van der Waals surface area contributed by atoms with E-state index in [1.807, 2.05) is 6.92 Å². The van der Waals surface area contributed by atoms with Crippen molar-refractivity contribution in [2.75, 3.05) is 13.2 Å². The lowest BCUT2D eigenvalue weighted by molar-refractivity contribution is 0.151. The largest absolute Gasteiger partial charge is 0.381 e. The Labute approximate surface area is 88.7 Å². The molecular weight excluding hydrogens is 192 g/mol. The van der Waals surface area contributed by atoms with Gasteiger partial charge in [-0.3, -0.25) is 0 Å². The van der Waals surface area contributed by atoms with Crippen LogP contribution in [0.25, 0.3) is 11.1 Å². The van der Waals surface area contributed by atoms with Crippen LogP contribution >= 0.6 is 11.3 Å². The van der Waals surface area contributed by atoms with Crippen molar-refractivity contribution in [1.29, 1.82) is 0 Å². The molecule has 2 rings (SSSR count). The lowest BCUT2D eigenvalue weighted by atomic mass is 10.2. The summed E-state index contributed by atoms with van der Waals surface area (Å²) in [7, 11) is 0. The minimum Gasteiger partial charge on any atom is -0.381 e. The molecule has 0 saturated heterocycles. The maximum absolute atomic E-state index is 5.34. The third-order valence-corrected chi connectivity index (χ3v) is 2.96. The lowest BCUT2D eigenvalue weighted by Gasteiger charge is -1.97. The molecule has 0 N–H and O–H groups in total. The van der Waals surface area contributed by atoms with E-state index in [9.17, 15) is 0 Å². The number of hydrogen-bond donors (Lipinski definition) is 0. The average molecular weight is 206 g/mol. The molecule has 0 aromatic carbocycles. The highest BCUT2D eigenvalue weighted by Crippen LogP contribution is 2.27. The summed E-state index contributed by atoms with van der Waals surface area (Å²) in [4.78, 5) is 0. The zero-order valence-electron chi connectivity index (χ0n) is 8.32. The van der Waals surface area contributed by atoms with Gasteiger partial charge in [0.05, 0.1) is 6.61 Å². The van der Waals surface area contributed by atoms with E-state index in [4.69, 9.17) is 4.74 Å². The van der Waals surface area contributed by atoms with Gasteiger partial charge in [-0.05, 0) is 46.9 Å². The van der Waals surface area contributed by atoms with Crippen LogP contribution in [0, 0.1) is 0 Å². The SMILES string of the molecule is CCOCCc1cc2ccscc-2c1. The standard InChI is InChI=1S/C12H14OS/c1-2-13-5-3-10-7-11-4-6-14-9-12(11)8-10/h4,6-9H,2-3,5H2,1H3. The number of rotatable bonds is 4. The zero-order chi connectivity index (χ0) is 9.80. The van der Waals surface area contributed by atoms with Crippen LogP contribution in [0.2, 0.25) is 0 Å². The Kier molecular flexibility index (Phi) is 3.17. The third-order valence-electron chi connectivity index (χ3n) is 2.28. The predicted molar refractivity (Wildman–Crippen MR) is 61.1 cm³/mol. The van der Waals surface area contributed by atoms with Crippen molar-refractivity contribution in [1.82, 2.24) is 0 Å². The van der Waals surface area contributed by atoms with E-state index in [0.717, 1.165) is 19.6 Å². The molecule has 0 fully saturated rings. The summed E-state index contributed by atoms with van der Waals surface area (Å²) < 4.78 is 5.34. The van der Waals surface area contributed by atoms with Crippen molar-refractivity contribution >= 4 is 11.3 Å². The fourth-order valence-corrected chi connectivity index (χ4v) is 2.21. The Hall–Kier alpha value is -0.860. The van der Waals surface area contributed by atoms with E-state index in [1.165, 1.54) is 16.7 Å². The van der Waals surface area contributed by atoms with Gasteiger partial charge in [0.15, 0.2) is 0 Å². The molecule has 0 bridgehead atoms. The smallest absolute Gasteiger partial charge is 0.0506 e. The van der Waals surface area contributed by atoms with Crippen molar-refractivity contribution in [3.8, 4) is 11.1 Å². The molecule has 1 aliphatic heterocycles. The number of hydrogen-bond acceptors (Lipinski definition) is 2. The topological polar surface area (TPSA) is 9.23 Å². The minimum absolute atomic E-state index is 0.808. The Morgan fingerprint density at radius 1 is 1.29 bits per heavy atom. The molecule has 0 atom stereocenters. The summed E-state index contributed by atoms with van der Waals surface area (Å²) in [6.07, 6.45) is 1.02. The van der Waals surface area contributed by atoms with Crippen molar-refractivity contribution in [3.63, 3.8) is 0 Å². The van der Waals surface area contributed by atoms with E-state index in [1.54, 1.807) is 11.3 Å². The summed E-state index contributed by atoms with van der Waals surface area (Å²) in [5.74, 6) is 0. The maximum Gasteiger partial charge on any atom is 0.0506 e. The summed E-state index contributed by atoms with van der Waals surface area (Å²) >= 11 is 1.74. The van der Waals surface area contributed by atoms with Gasteiger partial charge in [-0.25, -0.2) is 0 Å². The third kappa shape index (κ3) is 2.14. The Morgan fingerprint density at radius 3 is 2.93 bits per heavy atom. The Balaban J connectivity index is 2.08. The molecular formula is C12H14OS. The van der Waals surface area contributed by atoms with Gasteiger partial charge in [0, 0.05) is 6.61 Å². The molecule has 0 aromatic heterocycles. The van der Waals surface area contributed by atoms with Crippen LogP contribution in [-0.2, 0) is 11.2 Å². The molecule has 14 heavy (non-hydrogen) atoms. The first kappa shape index (κ1) is 9.69. The molecule has 0 spiro atoms. The van der Waals surface area contributed by atoms with Crippen LogP contribution in [0.4, 0.5) is 0 Å². The van der Waals surface area contributed by atoms with Gasteiger partial charge >= 0.3 is 0 Å². The van der Waals surface area contributed by atoms with Gasteiger partial charge in [0.25, 0.3) is 0 Å².